The number of nitro groups is 1. The maximum atomic E-state index is 11.4. The van der Waals surface area contributed by atoms with E-state index in [1.54, 1.807) is 13.8 Å². The van der Waals surface area contributed by atoms with Crippen molar-refractivity contribution in [1.29, 1.82) is 0 Å². The van der Waals surface area contributed by atoms with Gasteiger partial charge in [0.1, 0.15) is 17.9 Å². The Morgan fingerprint density at radius 2 is 2.24 bits per heavy atom. The van der Waals surface area contributed by atoms with Crippen LogP contribution in [0, 0.1) is 24.0 Å². The summed E-state index contributed by atoms with van der Waals surface area (Å²) in [5, 5.41) is 17.3. The van der Waals surface area contributed by atoms with Gasteiger partial charge in [-0.05, 0) is 13.8 Å². The van der Waals surface area contributed by atoms with Gasteiger partial charge in [0.2, 0.25) is 5.91 Å². The Morgan fingerprint density at radius 3 is 2.71 bits per heavy atom. The number of carbonyl (C=O) groups excluding carboxylic acids is 1. The summed E-state index contributed by atoms with van der Waals surface area (Å²) in [6.07, 6.45) is 0. The van der Waals surface area contributed by atoms with Crippen LogP contribution in [0.2, 0.25) is 0 Å². The number of hydrogen-bond acceptors (Lipinski definition) is 5. The van der Waals surface area contributed by atoms with E-state index in [2.05, 4.69) is 10.4 Å². The van der Waals surface area contributed by atoms with Crippen LogP contribution in [0.15, 0.2) is 0 Å². The molecular formula is C9H15N5O3. The molecule has 0 aromatic carbocycles. The van der Waals surface area contributed by atoms with E-state index < -0.39 is 4.92 Å². The predicted molar refractivity (Wildman–Crippen MR) is 60.4 cm³/mol. The minimum Gasteiger partial charge on any atom is -0.353 e. The van der Waals surface area contributed by atoms with Crippen LogP contribution in [0.25, 0.3) is 0 Å². The number of aromatic nitrogens is 2. The Balaban J connectivity index is 2.83. The minimum atomic E-state index is -0.494. The summed E-state index contributed by atoms with van der Waals surface area (Å²) >= 11 is 0. The first kappa shape index (κ1) is 13.1. The molecule has 0 bridgehead atoms. The first-order chi connectivity index (χ1) is 7.97. The van der Waals surface area contributed by atoms with Gasteiger partial charge >= 0.3 is 5.69 Å². The molecule has 17 heavy (non-hydrogen) atoms. The first-order valence-electron chi connectivity index (χ1n) is 5.12. The van der Waals surface area contributed by atoms with Gasteiger partial charge in [-0.1, -0.05) is 0 Å². The molecular weight excluding hydrogens is 226 g/mol. The summed E-state index contributed by atoms with van der Waals surface area (Å²) in [5.74, 6) is -0.268. The molecule has 0 saturated carbocycles. The van der Waals surface area contributed by atoms with Crippen molar-refractivity contribution in [3.63, 3.8) is 0 Å². The third-order valence-corrected chi connectivity index (χ3v) is 2.29. The number of amides is 1. The third kappa shape index (κ3) is 3.00. The van der Waals surface area contributed by atoms with Gasteiger partial charge in [0.15, 0.2) is 0 Å². The summed E-state index contributed by atoms with van der Waals surface area (Å²) < 4.78 is 1.32. The van der Waals surface area contributed by atoms with Crippen molar-refractivity contribution in [2.24, 2.45) is 5.73 Å². The molecule has 0 unspecified atom stereocenters. The number of aryl methyl sites for hydroxylation is 1. The maximum absolute atomic E-state index is 11.4. The molecule has 0 aliphatic carbocycles. The van der Waals surface area contributed by atoms with Crippen molar-refractivity contribution in [1.82, 2.24) is 15.1 Å². The van der Waals surface area contributed by atoms with Crippen molar-refractivity contribution in [3.8, 4) is 0 Å². The van der Waals surface area contributed by atoms with Crippen molar-refractivity contribution >= 4 is 11.6 Å². The molecule has 1 amide bonds. The average molecular weight is 241 g/mol. The lowest BCUT2D eigenvalue weighted by Gasteiger charge is -2.04. The Hall–Kier alpha value is -1.96. The Morgan fingerprint density at radius 1 is 1.59 bits per heavy atom. The molecule has 0 aliphatic rings. The van der Waals surface area contributed by atoms with Crippen LogP contribution in [-0.4, -0.2) is 33.7 Å². The largest absolute Gasteiger partial charge is 0.353 e. The van der Waals surface area contributed by atoms with Crippen molar-refractivity contribution in [2.45, 2.75) is 20.4 Å². The topological polar surface area (TPSA) is 116 Å². The monoisotopic (exact) mass is 241 g/mol. The third-order valence-electron chi connectivity index (χ3n) is 2.29. The predicted octanol–water partition coefficient (Wildman–Crippen LogP) is -0.517. The fraction of sp³-hybridized carbons (Fsp3) is 0.556. The van der Waals surface area contributed by atoms with Crippen LogP contribution in [0.1, 0.15) is 11.4 Å². The van der Waals surface area contributed by atoms with Crippen LogP contribution in [-0.2, 0) is 11.3 Å². The van der Waals surface area contributed by atoms with Gasteiger partial charge in [-0.3, -0.25) is 19.6 Å². The molecule has 0 saturated heterocycles. The molecule has 0 radical (unpaired) electrons. The summed E-state index contributed by atoms with van der Waals surface area (Å²) in [6.45, 7) is 3.79. The molecule has 0 spiro atoms. The van der Waals surface area contributed by atoms with E-state index in [1.165, 1.54) is 4.68 Å². The SMILES string of the molecule is Cc1nn(CC(=O)NCCN)c(C)c1[N+](=O)[O-]. The van der Waals surface area contributed by atoms with E-state index in [0.717, 1.165) is 0 Å². The van der Waals surface area contributed by atoms with Gasteiger partial charge in [0.05, 0.1) is 4.92 Å². The second-order valence-corrected chi connectivity index (χ2v) is 3.57. The summed E-state index contributed by atoms with van der Waals surface area (Å²) in [6, 6.07) is 0. The number of carbonyl (C=O) groups is 1. The zero-order valence-electron chi connectivity index (χ0n) is 9.77. The lowest BCUT2D eigenvalue weighted by molar-refractivity contribution is -0.386. The normalized spacial score (nSPS) is 10.3. The minimum absolute atomic E-state index is 0.0412. The zero-order chi connectivity index (χ0) is 13.0. The highest BCUT2D eigenvalue weighted by atomic mass is 16.6. The van der Waals surface area contributed by atoms with Crippen molar-refractivity contribution in [2.75, 3.05) is 13.1 Å². The van der Waals surface area contributed by atoms with E-state index in [1.807, 2.05) is 0 Å². The Kier molecular flexibility index (Phi) is 4.16. The first-order valence-corrected chi connectivity index (χ1v) is 5.12. The van der Waals surface area contributed by atoms with Gasteiger partial charge in [-0.25, -0.2) is 0 Å². The van der Waals surface area contributed by atoms with Crippen LogP contribution in [0.3, 0.4) is 0 Å². The number of nitrogens with two attached hydrogens (primary N) is 1. The molecule has 1 heterocycles. The molecule has 94 valence electrons. The van der Waals surface area contributed by atoms with E-state index in [4.69, 9.17) is 5.73 Å². The van der Waals surface area contributed by atoms with Crippen LogP contribution in [0.5, 0.6) is 0 Å². The highest BCUT2D eigenvalue weighted by Gasteiger charge is 2.22. The number of nitrogens with one attached hydrogen (secondary N) is 1. The number of nitrogens with zero attached hydrogens (tertiary/aromatic N) is 3. The standard InChI is InChI=1S/C9H15N5O3/c1-6-9(14(16)17)7(2)13(12-6)5-8(15)11-4-3-10/h3-5,10H2,1-2H3,(H,11,15). The van der Waals surface area contributed by atoms with Crippen molar-refractivity contribution in [3.05, 3.63) is 21.5 Å². The zero-order valence-corrected chi connectivity index (χ0v) is 9.77. The van der Waals surface area contributed by atoms with Crippen molar-refractivity contribution < 1.29 is 9.72 Å². The highest BCUT2D eigenvalue weighted by molar-refractivity contribution is 5.75. The average Bonchev–Trinajstić information content (AvgIpc) is 2.51. The lowest BCUT2D eigenvalue weighted by Crippen LogP contribution is -2.32. The highest BCUT2D eigenvalue weighted by Crippen LogP contribution is 2.21. The maximum Gasteiger partial charge on any atom is 0.312 e. The number of rotatable bonds is 5. The molecule has 0 fully saturated rings. The molecule has 1 rings (SSSR count). The molecule has 1 aromatic rings. The van der Waals surface area contributed by atoms with Crippen LogP contribution in [0.4, 0.5) is 5.69 Å². The quantitative estimate of drug-likeness (QED) is 0.531. The van der Waals surface area contributed by atoms with Gasteiger partial charge in [-0.15, -0.1) is 0 Å². The number of hydrogen-bond donors (Lipinski definition) is 2. The fourth-order valence-corrected chi connectivity index (χ4v) is 1.51. The van der Waals surface area contributed by atoms with Gasteiger partial charge in [0, 0.05) is 13.1 Å². The summed E-state index contributed by atoms with van der Waals surface area (Å²) in [5.41, 5.74) is 5.87. The molecule has 0 atom stereocenters. The van der Waals surface area contributed by atoms with E-state index in [-0.39, 0.29) is 18.1 Å². The van der Waals surface area contributed by atoms with Crippen LogP contribution < -0.4 is 11.1 Å². The summed E-state index contributed by atoms with van der Waals surface area (Å²) in [7, 11) is 0. The second kappa shape index (κ2) is 5.39. The molecule has 8 heteroatoms. The molecule has 1 aromatic heterocycles. The van der Waals surface area contributed by atoms with Gasteiger partial charge in [-0.2, -0.15) is 5.10 Å². The van der Waals surface area contributed by atoms with Gasteiger partial charge < -0.3 is 11.1 Å². The van der Waals surface area contributed by atoms with E-state index in [9.17, 15) is 14.9 Å². The van der Waals surface area contributed by atoms with E-state index >= 15 is 0 Å². The van der Waals surface area contributed by atoms with E-state index in [0.29, 0.717) is 24.5 Å². The summed E-state index contributed by atoms with van der Waals surface area (Å²) in [4.78, 5) is 21.7. The second-order valence-electron chi connectivity index (χ2n) is 3.57. The smallest absolute Gasteiger partial charge is 0.312 e. The lowest BCUT2D eigenvalue weighted by atomic mass is 10.3. The van der Waals surface area contributed by atoms with Crippen LogP contribution >= 0.6 is 0 Å². The fourth-order valence-electron chi connectivity index (χ4n) is 1.51. The molecule has 8 nitrogen and oxygen atoms in total. The molecule has 0 aliphatic heterocycles. The molecule has 3 N–H and O–H groups in total. The Labute approximate surface area is 97.9 Å². The Bertz CT molecular complexity index is 440. The van der Waals surface area contributed by atoms with Gasteiger partial charge in [0.25, 0.3) is 0 Å².